The van der Waals surface area contributed by atoms with Crippen molar-refractivity contribution in [2.75, 3.05) is 32.9 Å². The summed E-state index contributed by atoms with van der Waals surface area (Å²) in [6, 6.07) is 1.31. The van der Waals surface area contributed by atoms with E-state index in [4.69, 9.17) is 9.47 Å². The van der Waals surface area contributed by atoms with Gasteiger partial charge >= 0.3 is 0 Å². The Hall–Kier alpha value is -0.160. The maximum atomic E-state index is 6.13. The van der Waals surface area contributed by atoms with Crippen LogP contribution in [0.2, 0.25) is 0 Å². The summed E-state index contributed by atoms with van der Waals surface area (Å²) in [7, 11) is 0. The number of hydrogen-bond acceptors (Lipinski definition) is 4. The predicted molar refractivity (Wildman–Crippen MR) is 68.6 cm³/mol. The van der Waals surface area contributed by atoms with Crippen molar-refractivity contribution in [3.05, 3.63) is 0 Å². The van der Waals surface area contributed by atoms with Crippen molar-refractivity contribution in [2.45, 2.75) is 49.8 Å². The van der Waals surface area contributed by atoms with E-state index in [1.807, 2.05) is 0 Å². The van der Waals surface area contributed by atoms with Crippen molar-refractivity contribution < 1.29 is 9.47 Å². The molecule has 102 valence electrons. The van der Waals surface area contributed by atoms with Gasteiger partial charge in [0, 0.05) is 17.5 Å². The summed E-state index contributed by atoms with van der Waals surface area (Å²) in [5, 5.41) is 7.23. The maximum absolute atomic E-state index is 6.13. The monoisotopic (exact) mass is 252 g/mol. The van der Waals surface area contributed by atoms with Crippen molar-refractivity contribution in [3.8, 4) is 0 Å². The van der Waals surface area contributed by atoms with Crippen LogP contribution in [0.15, 0.2) is 0 Å². The highest BCUT2D eigenvalue weighted by molar-refractivity contribution is 5.04. The number of ether oxygens (including phenoxy) is 2. The summed E-state index contributed by atoms with van der Waals surface area (Å²) in [5.74, 6) is 0. The standard InChI is InChI=1S/C14H24N2O2/c1-3-15-4-2-14(1)7-12(8-18-14)16-11-5-13(6-11)9-17-10-13/h11-12,15-16H,1-10H2. The van der Waals surface area contributed by atoms with Crippen LogP contribution in [0.4, 0.5) is 0 Å². The van der Waals surface area contributed by atoms with Crippen LogP contribution in [0, 0.1) is 5.41 Å². The van der Waals surface area contributed by atoms with Crippen molar-refractivity contribution in [1.29, 1.82) is 0 Å². The lowest BCUT2D eigenvalue weighted by Gasteiger charge is -2.54. The second-order valence-electron chi connectivity index (χ2n) is 6.91. The van der Waals surface area contributed by atoms with Gasteiger partial charge in [-0.1, -0.05) is 0 Å². The van der Waals surface area contributed by atoms with Gasteiger partial charge in [-0.2, -0.15) is 0 Å². The first-order valence-electron chi connectivity index (χ1n) is 7.46. The molecule has 0 aromatic rings. The third-order valence-electron chi connectivity index (χ3n) is 5.37. The Morgan fingerprint density at radius 1 is 1.00 bits per heavy atom. The quantitative estimate of drug-likeness (QED) is 0.758. The zero-order valence-corrected chi connectivity index (χ0v) is 11.0. The third-order valence-corrected chi connectivity index (χ3v) is 5.37. The number of hydrogen-bond donors (Lipinski definition) is 2. The summed E-state index contributed by atoms with van der Waals surface area (Å²) in [6.45, 7) is 5.16. The first-order chi connectivity index (χ1) is 8.78. The molecule has 4 rings (SSSR count). The summed E-state index contributed by atoms with van der Waals surface area (Å²) < 4.78 is 11.5. The van der Waals surface area contributed by atoms with Gasteiger partial charge < -0.3 is 20.1 Å². The highest BCUT2D eigenvalue weighted by Gasteiger charge is 2.51. The fourth-order valence-corrected chi connectivity index (χ4v) is 4.25. The molecule has 3 heterocycles. The molecule has 0 aromatic heterocycles. The molecular weight excluding hydrogens is 228 g/mol. The molecule has 4 aliphatic rings. The van der Waals surface area contributed by atoms with Crippen LogP contribution in [0.5, 0.6) is 0 Å². The van der Waals surface area contributed by atoms with Gasteiger partial charge in [0.15, 0.2) is 0 Å². The van der Waals surface area contributed by atoms with Gasteiger partial charge in [0.25, 0.3) is 0 Å². The molecule has 0 radical (unpaired) electrons. The van der Waals surface area contributed by atoms with Gasteiger partial charge in [-0.15, -0.1) is 0 Å². The molecule has 4 heteroatoms. The normalized spacial score (nSPS) is 37.7. The van der Waals surface area contributed by atoms with Gasteiger partial charge in [0.2, 0.25) is 0 Å². The largest absolute Gasteiger partial charge is 0.380 e. The molecule has 1 unspecified atom stereocenters. The van der Waals surface area contributed by atoms with Crippen LogP contribution in [-0.2, 0) is 9.47 Å². The van der Waals surface area contributed by atoms with E-state index in [0.29, 0.717) is 11.5 Å². The third kappa shape index (κ3) is 1.90. The van der Waals surface area contributed by atoms with Crippen molar-refractivity contribution >= 4 is 0 Å². The van der Waals surface area contributed by atoms with Crippen LogP contribution in [0.25, 0.3) is 0 Å². The maximum Gasteiger partial charge on any atom is 0.0723 e. The lowest BCUT2D eigenvalue weighted by molar-refractivity contribution is -0.168. The van der Waals surface area contributed by atoms with Crippen molar-refractivity contribution in [3.63, 3.8) is 0 Å². The van der Waals surface area contributed by atoms with Crippen LogP contribution in [0.3, 0.4) is 0 Å². The van der Waals surface area contributed by atoms with E-state index in [-0.39, 0.29) is 5.60 Å². The minimum absolute atomic E-state index is 0.198. The Balaban J connectivity index is 1.27. The number of piperidine rings is 1. The second kappa shape index (κ2) is 4.17. The Labute approximate surface area is 109 Å². The molecule has 4 nitrogen and oxygen atoms in total. The Morgan fingerprint density at radius 2 is 1.78 bits per heavy atom. The molecule has 2 spiro atoms. The Bertz CT molecular complexity index is 316. The van der Waals surface area contributed by atoms with E-state index >= 15 is 0 Å². The molecule has 4 fully saturated rings. The van der Waals surface area contributed by atoms with E-state index in [0.717, 1.165) is 39.0 Å². The highest BCUT2D eigenvalue weighted by atomic mass is 16.5. The highest BCUT2D eigenvalue weighted by Crippen LogP contribution is 2.47. The molecule has 0 aromatic carbocycles. The van der Waals surface area contributed by atoms with Gasteiger partial charge in [-0.3, -0.25) is 0 Å². The van der Waals surface area contributed by atoms with E-state index in [2.05, 4.69) is 10.6 Å². The van der Waals surface area contributed by atoms with Gasteiger partial charge in [-0.05, 0) is 45.2 Å². The van der Waals surface area contributed by atoms with Gasteiger partial charge in [0.1, 0.15) is 0 Å². The molecular formula is C14H24N2O2. The molecule has 18 heavy (non-hydrogen) atoms. The van der Waals surface area contributed by atoms with E-state index in [9.17, 15) is 0 Å². The smallest absolute Gasteiger partial charge is 0.0723 e. The van der Waals surface area contributed by atoms with Crippen molar-refractivity contribution in [1.82, 2.24) is 10.6 Å². The first-order valence-corrected chi connectivity index (χ1v) is 7.46. The lowest BCUT2D eigenvalue weighted by atomic mass is 9.64. The predicted octanol–water partition coefficient (Wildman–Crippen LogP) is 0.666. The summed E-state index contributed by atoms with van der Waals surface area (Å²) >= 11 is 0. The molecule has 2 N–H and O–H groups in total. The molecule has 0 amide bonds. The molecule has 1 saturated carbocycles. The molecule has 1 aliphatic carbocycles. The van der Waals surface area contributed by atoms with Gasteiger partial charge in [0.05, 0.1) is 25.4 Å². The minimum Gasteiger partial charge on any atom is -0.380 e. The fourth-order valence-electron chi connectivity index (χ4n) is 4.25. The average molecular weight is 252 g/mol. The topological polar surface area (TPSA) is 42.5 Å². The minimum atomic E-state index is 0.198. The van der Waals surface area contributed by atoms with E-state index in [1.165, 1.54) is 32.1 Å². The fraction of sp³-hybridized carbons (Fsp3) is 1.00. The molecule has 1 atom stereocenters. The molecule has 3 saturated heterocycles. The lowest BCUT2D eigenvalue weighted by Crippen LogP contribution is -2.60. The van der Waals surface area contributed by atoms with Crippen LogP contribution in [-0.4, -0.2) is 50.6 Å². The SMILES string of the molecule is C1CC2(CCN1)CC(NC1CC3(COC3)C1)CO2. The van der Waals surface area contributed by atoms with E-state index in [1.54, 1.807) is 0 Å². The molecule has 3 aliphatic heterocycles. The number of rotatable bonds is 2. The van der Waals surface area contributed by atoms with Crippen LogP contribution < -0.4 is 10.6 Å². The second-order valence-corrected chi connectivity index (χ2v) is 6.91. The van der Waals surface area contributed by atoms with E-state index < -0.39 is 0 Å². The Morgan fingerprint density at radius 3 is 2.44 bits per heavy atom. The number of nitrogens with one attached hydrogen (secondary N) is 2. The summed E-state index contributed by atoms with van der Waals surface area (Å²) in [5.41, 5.74) is 0.771. The Kier molecular flexibility index (Phi) is 2.70. The summed E-state index contributed by atoms with van der Waals surface area (Å²) in [4.78, 5) is 0. The van der Waals surface area contributed by atoms with Crippen molar-refractivity contribution in [2.24, 2.45) is 5.41 Å². The molecule has 0 bridgehead atoms. The average Bonchev–Trinajstić information content (AvgIpc) is 2.65. The van der Waals surface area contributed by atoms with Crippen LogP contribution >= 0.6 is 0 Å². The van der Waals surface area contributed by atoms with Crippen LogP contribution in [0.1, 0.15) is 32.1 Å². The first kappa shape index (κ1) is 11.6. The van der Waals surface area contributed by atoms with Gasteiger partial charge in [-0.25, -0.2) is 0 Å². The summed E-state index contributed by atoms with van der Waals surface area (Å²) in [6.07, 6.45) is 6.23. The zero-order valence-electron chi connectivity index (χ0n) is 11.0. The zero-order chi connectivity index (χ0) is 12.1.